The van der Waals surface area contributed by atoms with Crippen molar-refractivity contribution in [2.24, 2.45) is 0 Å². The van der Waals surface area contributed by atoms with Crippen molar-refractivity contribution in [3.05, 3.63) is 96.1 Å². The van der Waals surface area contributed by atoms with Crippen LogP contribution in [0.3, 0.4) is 0 Å². The van der Waals surface area contributed by atoms with Crippen molar-refractivity contribution in [3.63, 3.8) is 0 Å². The maximum Gasteiger partial charge on any atom is 0.265 e. The standard InChI is InChI=1S/C23H19NO4S/c1-17(25)23(22(26)18-10-4-2-5-11-18)16-19-12-8-9-15-21(19)24(23)29(27,28)20-13-6-3-7-14-20/h2-15H,16H2,1H3. The molecule has 0 N–H and O–H groups in total. The lowest BCUT2D eigenvalue weighted by Gasteiger charge is -2.36. The molecule has 0 amide bonds. The Kier molecular flexibility index (Phi) is 4.59. The SMILES string of the molecule is CC(=O)C1(C(=O)c2ccccc2)Cc2ccccc2N1S(=O)(=O)c1ccccc1. The molecule has 3 aromatic carbocycles. The zero-order chi connectivity index (χ0) is 20.6. The van der Waals surface area contributed by atoms with Gasteiger partial charge in [0.2, 0.25) is 0 Å². The van der Waals surface area contributed by atoms with Gasteiger partial charge in [-0.25, -0.2) is 12.7 Å². The minimum atomic E-state index is -4.17. The number of carbonyl (C=O) groups excluding carboxylic acids is 2. The first-order chi connectivity index (χ1) is 13.9. The van der Waals surface area contributed by atoms with E-state index in [-0.39, 0.29) is 11.3 Å². The van der Waals surface area contributed by atoms with Gasteiger partial charge in [0, 0.05) is 12.0 Å². The van der Waals surface area contributed by atoms with Gasteiger partial charge in [0.1, 0.15) is 0 Å². The van der Waals surface area contributed by atoms with E-state index in [1.165, 1.54) is 19.1 Å². The number of carbonyl (C=O) groups is 2. The predicted octanol–water partition coefficient (Wildman–Crippen LogP) is 3.65. The van der Waals surface area contributed by atoms with Crippen LogP contribution in [0.2, 0.25) is 0 Å². The van der Waals surface area contributed by atoms with Crippen molar-refractivity contribution >= 4 is 27.3 Å². The quantitative estimate of drug-likeness (QED) is 0.480. The smallest absolute Gasteiger partial charge is 0.265 e. The van der Waals surface area contributed by atoms with Crippen LogP contribution < -0.4 is 4.31 Å². The number of rotatable bonds is 5. The van der Waals surface area contributed by atoms with Crippen LogP contribution in [0.4, 0.5) is 5.69 Å². The number of sulfonamides is 1. The van der Waals surface area contributed by atoms with Gasteiger partial charge in [-0.1, -0.05) is 66.7 Å². The van der Waals surface area contributed by atoms with Gasteiger partial charge in [0.15, 0.2) is 17.1 Å². The van der Waals surface area contributed by atoms with Crippen molar-refractivity contribution in [1.82, 2.24) is 0 Å². The summed E-state index contributed by atoms with van der Waals surface area (Å²) in [6.45, 7) is 1.28. The monoisotopic (exact) mass is 405 g/mol. The van der Waals surface area contributed by atoms with E-state index in [1.54, 1.807) is 72.8 Å². The molecule has 0 aliphatic carbocycles. The van der Waals surface area contributed by atoms with Gasteiger partial charge in [-0.3, -0.25) is 9.59 Å². The number of hydrogen-bond donors (Lipinski definition) is 0. The third-order valence-corrected chi connectivity index (χ3v) is 7.14. The molecule has 6 heteroatoms. The van der Waals surface area contributed by atoms with Crippen LogP contribution in [-0.2, 0) is 21.2 Å². The lowest BCUT2D eigenvalue weighted by atomic mass is 9.83. The number of anilines is 1. The highest BCUT2D eigenvalue weighted by atomic mass is 32.2. The molecular weight excluding hydrogens is 386 g/mol. The molecule has 1 aliphatic heterocycles. The molecule has 29 heavy (non-hydrogen) atoms. The van der Waals surface area contributed by atoms with Crippen LogP contribution in [0, 0.1) is 0 Å². The molecule has 3 aromatic rings. The summed E-state index contributed by atoms with van der Waals surface area (Å²) in [6.07, 6.45) is -0.00169. The van der Waals surface area contributed by atoms with Crippen molar-refractivity contribution in [1.29, 1.82) is 0 Å². The van der Waals surface area contributed by atoms with Crippen LogP contribution in [0.5, 0.6) is 0 Å². The van der Waals surface area contributed by atoms with E-state index in [9.17, 15) is 18.0 Å². The van der Waals surface area contributed by atoms with Gasteiger partial charge in [-0.05, 0) is 30.7 Å². The number of benzene rings is 3. The van der Waals surface area contributed by atoms with Crippen LogP contribution in [0.1, 0.15) is 22.8 Å². The van der Waals surface area contributed by atoms with Gasteiger partial charge in [-0.15, -0.1) is 0 Å². The van der Waals surface area contributed by atoms with Crippen LogP contribution in [-0.4, -0.2) is 25.5 Å². The molecule has 1 heterocycles. The number of Topliss-reactive ketones (excluding diaryl/α,β-unsaturated/α-hetero) is 2. The molecule has 0 saturated heterocycles. The van der Waals surface area contributed by atoms with Crippen LogP contribution >= 0.6 is 0 Å². The summed E-state index contributed by atoms with van der Waals surface area (Å²) in [5, 5.41) is 0. The highest BCUT2D eigenvalue weighted by Gasteiger charge is 2.58. The third-order valence-electron chi connectivity index (χ3n) is 5.28. The number of nitrogens with zero attached hydrogens (tertiary/aromatic N) is 1. The molecule has 0 fully saturated rings. The molecule has 1 aliphatic rings. The first kappa shape index (κ1) is 19.1. The topological polar surface area (TPSA) is 71.5 Å². The second-order valence-corrected chi connectivity index (χ2v) is 8.79. The van der Waals surface area contributed by atoms with Crippen molar-refractivity contribution in [2.75, 3.05) is 4.31 Å². The summed E-state index contributed by atoms with van der Waals surface area (Å²) in [4.78, 5) is 26.7. The normalized spacial score (nSPS) is 18.3. The molecule has 5 nitrogen and oxygen atoms in total. The molecule has 0 aromatic heterocycles. The Hall–Kier alpha value is -3.25. The van der Waals surface area contributed by atoms with E-state index in [2.05, 4.69) is 0 Å². The van der Waals surface area contributed by atoms with E-state index >= 15 is 0 Å². The molecule has 0 saturated carbocycles. The van der Waals surface area contributed by atoms with E-state index in [4.69, 9.17) is 0 Å². The van der Waals surface area contributed by atoms with Crippen LogP contribution in [0.25, 0.3) is 0 Å². The Balaban J connectivity index is 2.00. The maximum atomic E-state index is 13.7. The number of ketones is 2. The summed E-state index contributed by atoms with van der Waals surface area (Å²) in [5.74, 6) is -1.04. The van der Waals surface area contributed by atoms with Gasteiger partial charge in [0.25, 0.3) is 10.0 Å². The van der Waals surface area contributed by atoms with Crippen molar-refractivity contribution in [2.45, 2.75) is 23.8 Å². The van der Waals surface area contributed by atoms with Crippen molar-refractivity contribution < 1.29 is 18.0 Å². The van der Waals surface area contributed by atoms with Crippen LogP contribution in [0.15, 0.2) is 89.8 Å². The first-order valence-electron chi connectivity index (χ1n) is 9.18. The average Bonchev–Trinajstić information content (AvgIpc) is 3.11. The number of fused-ring (bicyclic) bond motifs is 1. The highest BCUT2D eigenvalue weighted by molar-refractivity contribution is 7.93. The molecular formula is C23H19NO4S. The van der Waals surface area contributed by atoms with Gasteiger partial charge >= 0.3 is 0 Å². The van der Waals surface area contributed by atoms with E-state index in [0.717, 1.165) is 4.31 Å². The van der Waals surface area contributed by atoms with Gasteiger partial charge < -0.3 is 0 Å². The fourth-order valence-corrected chi connectivity index (χ4v) is 5.71. The summed E-state index contributed by atoms with van der Waals surface area (Å²) in [6, 6.07) is 23.1. The highest BCUT2D eigenvalue weighted by Crippen LogP contribution is 2.44. The zero-order valence-electron chi connectivity index (χ0n) is 15.8. The molecule has 0 bridgehead atoms. The molecule has 146 valence electrons. The summed E-state index contributed by atoms with van der Waals surface area (Å²) in [5.41, 5.74) is -0.564. The summed E-state index contributed by atoms with van der Waals surface area (Å²) < 4.78 is 28.4. The molecule has 0 radical (unpaired) electrons. The average molecular weight is 405 g/mol. The lowest BCUT2D eigenvalue weighted by molar-refractivity contribution is -0.120. The zero-order valence-corrected chi connectivity index (χ0v) is 16.6. The van der Waals surface area contributed by atoms with Crippen molar-refractivity contribution in [3.8, 4) is 0 Å². The maximum absolute atomic E-state index is 13.7. The Labute approximate surface area is 169 Å². The fraction of sp³-hybridized carbons (Fsp3) is 0.130. The van der Waals surface area contributed by atoms with E-state index < -0.39 is 27.1 Å². The van der Waals surface area contributed by atoms with E-state index in [0.29, 0.717) is 16.8 Å². The minimum absolute atomic E-state index is 0.00169. The Morgan fingerprint density at radius 2 is 1.38 bits per heavy atom. The number of hydrogen-bond acceptors (Lipinski definition) is 4. The Bertz CT molecular complexity index is 1190. The Morgan fingerprint density at radius 1 is 0.828 bits per heavy atom. The largest absolute Gasteiger partial charge is 0.297 e. The summed E-state index contributed by atoms with van der Waals surface area (Å²) in [7, 11) is -4.17. The van der Waals surface area contributed by atoms with E-state index in [1.807, 2.05) is 0 Å². The predicted molar refractivity (Wildman–Crippen MR) is 110 cm³/mol. The molecule has 1 unspecified atom stereocenters. The fourth-order valence-electron chi connectivity index (χ4n) is 3.87. The van der Waals surface area contributed by atoms with Gasteiger partial charge in [-0.2, -0.15) is 0 Å². The Morgan fingerprint density at radius 3 is 2.00 bits per heavy atom. The second-order valence-electron chi connectivity index (χ2n) is 7.00. The second kappa shape index (κ2) is 6.97. The first-order valence-corrected chi connectivity index (χ1v) is 10.6. The molecule has 1 atom stereocenters. The summed E-state index contributed by atoms with van der Waals surface area (Å²) >= 11 is 0. The minimum Gasteiger partial charge on any atom is -0.297 e. The molecule has 4 rings (SSSR count). The lowest BCUT2D eigenvalue weighted by Crippen LogP contribution is -2.60. The third kappa shape index (κ3) is 2.87. The van der Waals surface area contributed by atoms with Gasteiger partial charge in [0.05, 0.1) is 10.6 Å². The molecule has 0 spiro atoms. The number of para-hydroxylation sites is 1.